The zero-order valence-electron chi connectivity index (χ0n) is 13.3. The van der Waals surface area contributed by atoms with Gasteiger partial charge in [0.15, 0.2) is 11.5 Å². The van der Waals surface area contributed by atoms with E-state index in [9.17, 15) is 0 Å². The van der Waals surface area contributed by atoms with Crippen LogP contribution in [0.2, 0.25) is 0 Å². The number of ether oxygens (including phenoxy) is 3. The van der Waals surface area contributed by atoms with Gasteiger partial charge in [0.2, 0.25) is 23.2 Å². The Morgan fingerprint density at radius 3 is 2.22 bits per heavy atom. The first kappa shape index (κ1) is 16.2. The molecule has 120 valence electrons. The molecule has 0 spiro atoms. The highest BCUT2D eigenvalue weighted by Crippen LogP contribution is 2.38. The summed E-state index contributed by atoms with van der Waals surface area (Å²) in [6.45, 7) is 0. The molecule has 7 nitrogen and oxygen atoms in total. The summed E-state index contributed by atoms with van der Waals surface area (Å²) in [6.07, 6.45) is 3.43. The second kappa shape index (κ2) is 7.22. The van der Waals surface area contributed by atoms with Gasteiger partial charge in [-0.15, -0.1) is 0 Å². The maximum absolute atomic E-state index is 8.96. The first-order valence-corrected chi connectivity index (χ1v) is 6.73. The average molecular weight is 315 g/mol. The summed E-state index contributed by atoms with van der Waals surface area (Å²) in [7, 11) is 6.31. The normalized spacial score (nSPS) is 10.4. The number of oxazole rings is 1. The molecule has 23 heavy (non-hydrogen) atoms. The molecule has 2 rings (SSSR count). The van der Waals surface area contributed by atoms with Crippen LogP contribution in [0.3, 0.4) is 0 Å². The fraction of sp³-hybridized carbons (Fsp3) is 0.250. The SMILES string of the molecule is CNc1oc(/C=C/c2cc(OC)c(OC)c(OC)c2)nc1C#N. The number of hydrogen-bond acceptors (Lipinski definition) is 7. The molecule has 7 heteroatoms. The fourth-order valence-corrected chi connectivity index (χ4v) is 2.02. The Morgan fingerprint density at radius 2 is 1.78 bits per heavy atom. The predicted octanol–water partition coefficient (Wildman–Crippen LogP) is 2.78. The third-order valence-electron chi connectivity index (χ3n) is 3.08. The van der Waals surface area contributed by atoms with Crippen molar-refractivity contribution in [2.45, 2.75) is 0 Å². The minimum absolute atomic E-state index is 0.206. The molecular formula is C16H17N3O4. The lowest BCUT2D eigenvalue weighted by molar-refractivity contribution is 0.324. The van der Waals surface area contributed by atoms with Crippen molar-refractivity contribution < 1.29 is 18.6 Å². The lowest BCUT2D eigenvalue weighted by Gasteiger charge is -2.12. The molecule has 0 aliphatic carbocycles. The maximum atomic E-state index is 8.96. The zero-order chi connectivity index (χ0) is 16.8. The van der Waals surface area contributed by atoms with Gasteiger partial charge in [0, 0.05) is 13.1 Å². The molecule has 0 fully saturated rings. The summed E-state index contributed by atoms with van der Waals surface area (Å²) in [6, 6.07) is 5.55. The smallest absolute Gasteiger partial charge is 0.232 e. The van der Waals surface area contributed by atoms with Crippen LogP contribution in [0.25, 0.3) is 12.2 Å². The van der Waals surface area contributed by atoms with Crippen molar-refractivity contribution in [3.05, 3.63) is 29.3 Å². The van der Waals surface area contributed by atoms with Crippen molar-refractivity contribution in [3.63, 3.8) is 0 Å². The molecule has 0 atom stereocenters. The van der Waals surface area contributed by atoms with Gasteiger partial charge in [-0.25, -0.2) is 0 Å². The Bertz CT molecular complexity index is 734. The van der Waals surface area contributed by atoms with Gasteiger partial charge in [0.25, 0.3) is 0 Å². The van der Waals surface area contributed by atoms with Crippen molar-refractivity contribution in [1.29, 1.82) is 5.26 Å². The maximum Gasteiger partial charge on any atom is 0.232 e. The summed E-state index contributed by atoms with van der Waals surface area (Å²) >= 11 is 0. The molecule has 1 aromatic heterocycles. The number of hydrogen-bond donors (Lipinski definition) is 1. The Balaban J connectivity index is 2.36. The van der Waals surface area contributed by atoms with Crippen LogP contribution in [0.5, 0.6) is 17.2 Å². The van der Waals surface area contributed by atoms with E-state index in [2.05, 4.69) is 10.3 Å². The van der Waals surface area contributed by atoms with Crippen LogP contribution in [0, 0.1) is 11.3 Å². The Labute approximate surface area is 134 Å². The molecule has 0 saturated carbocycles. The Hall–Kier alpha value is -3.14. The molecule has 0 unspecified atom stereocenters. The first-order valence-electron chi connectivity index (χ1n) is 6.73. The highest BCUT2D eigenvalue weighted by molar-refractivity contribution is 5.71. The molecule has 0 saturated heterocycles. The quantitative estimate of drug-likeness (QED) is 0.876. The monoisotopic (exact) mass is 315 g/mol. The molecule has 0 bridgehead atoms. The van der Waals surface area contributed by atoms with Gasteiger partial charge in [-0.05, 0) is 23.8 Å². The van der Waals surface area contributed by atoms with Gasteiger partial charge >= 0.3 is 0 Å². The number of methoxy groups -OCH3 is 3. The number of benzene rings is 1. The van der Waals surface area contributed by atoms with Gasteiger partial charge in [0.1, 0.15) is 6.07 Å². The highest BCUT2D eigenvalue weighted by Gasteiger charge is 2.13. The number of aromatic nitrogens is 1. The molecule has 1 heterocycles. The van der Waals surface area contributed by atoms with Crippen LogP contribution in [0.15, 0.2) is 16.5 Å². The summed E-state index contributed by atoms with van der Waals surface area (Å²) in [5.74, 6) is 2.27. The molecule has 0 aliphatic heterocycles. The molecule has 0 aliphatic rings. The van der Waals surface area contributed by atoms with E-state index < -0.39 is 0 Å². The molecule has 1 aromatic carbocycles. The van der Waals surface area contributed by atoms with Gasteiger partial charge in [0.05, 0.1) is 21.3 Å². The summed E-state index contributed by atoms with van der Waals surface area (Å²) in [5, 5.41) is 11.7. The molecule has 1 N–H and O–H groups in total. The lowest BCUT2D eigenvalue weighted by atomic mass is 10.1. The van der Waals surface area contributed by atoms with Crippen molar-refractivity contribution >= 4 is 18.0 Å². The zero-order valence-corrected chi connectivity index (χ0v) is 13.3. The third-order valence-corrected chi connectivity index (χ3v) is 3.08. The Kier molecular flexibility index (Phi) is 5.10. The summed E-state index contributed by atoms with van der Waals surface area (Å²) in [4.78, 5) is 4.07. The van der Waals surface area contributed by atoms with Crippen molar-refractivity contribution in [3.8, 4) is 23.3 Å². The minimum Gasteiger partial charge on any atom is -0.493 e. The van der Waals surface area contributed by atoms with E-state index in [4.69, 9.17) is 23.9 Å². The average Bonchev–Trinajstić information content (AvgIpc) is 3.01. The minimum atomic E-state index is 0.206. The predicted molar refractivity (Wildman–Crippen MR) is 85.8 cm³/mol. The van der Waals surface area contributed by atoms with E-state index in [0.717, 1.165) is 5.56 Å². The number of nitrogens with one attached hydrogen (secondary N) is 1. The van der Waals surface area contributed by atoms with E-state index in [1.807, 2.05) is 6.07 Å². The van der Waals surface area contributed by atoms with Gasteiger partial charge in [-0.3, -0.25) is 0 Å². The van der Waals surface area contributed by atoms with E-state index >= 15 is 0 Å². The molecule has 0 radical (unpaired) electrons. The number of nitrogens with zero attached hydrogens (tertiary/aromatic N) is 2. The lowest BCUT2D eigenvalue weighted by Crippen LogP contribution is -1.95. The second-order valence-corrected chi connectivity index (χ2v) is 4.38. The van der Waals surface area contributed by atoms with E-state index in [-0.39, 0.29) is 5.69 Å². The number of anilines is 1. The third kappa shape index (κ3) is 3.37. The van der Waals surface area contributed by atoms with Crippen LogP contribution >= 0.6 is 0 Å². The molecule has 2 aromatic rings. The number of rotatable bonds is 6. The standard InChI is InChI=1S/C16H17N3O4/c1-18-16-11(9-17)19-14(23-16)6-5-10-7-12(20-2)15(22-4)13(8-10)21-3/h5-8,18H,1-4H3/b6-5+. The highest BCUT2D eigenvalue weighted by atomic mass is 16.5. The summed E-state index contributed by atoms with van der Waals surface area (Å²) in [5.41, 5.74) is 1.01. The van der Waals surface area contributed by atoms with E-state index in [0.29, 0.717) is 29.0 Å². The van der Waals surface area contributed by atoms with Gasteiger partial charge < -0.3 is 23.9 Å². The van der Waals surface area contributed by atoms with Crippen molar-refractivity contribution in [1.82, 2.24) is 4.98 Å². The van der Waals surface area contributed by atoms with Crippen molar-refractivity contribution in [2.75, 3.05) is 33.7 Å². The van der Waals surface area contributed by atoms with Crippen LogP contribution in [-0.4, -0.2) is 33.4 Å². The topological polar surface area (TPSA) is 89.5 Å². The molecular weight excluding hydrogens is 298 g/mol. The molecule has 0 amide bonds. The first-order chi connectivity index (χ1) is 11.2. The van der Waals surface area contributed by atoms with Crippen LogP contribution in [-0.2, 0) is 0 Å². The Morgan fingerprint density at radius 1 is 1.13 bits per heavy atom. The van der Waals surface area contributed by atoms with Crippen LogP contribution in [0.1, 0.15) is 17.1 Å². The van der Waals surface area contributed by atoms with Gasteiger partial charge in [-0.2, -0.15) is 10.2 Å². The number of nitriles is 1. The largest absolute Gasteiger partial charge is 0.493 e. The van der Waals surface area contributed by atoms with Crippen molar-refractivity contribution in [2.24, 2.45) is 0 Å². The second-order valence-electron chi connectivity index (χ2n) is 4.38. The fourth-order valence-electron chi connectivity index (χ4n) is 2.02. The van der Waals surface area contributed by atoms with Gasteiger partial charge in [-0.1, -0.05) is 0 Å². The van der Waals surface area contributed by atoms with Crippen LogP contribution in [0.4, 0.5) is 5.88 Å². The van der Waals surface area contributed by atoms with Crippen LogP contribution < -0.4 is 19.5 Å². The summed E-state index contributed by atoms with van der Waals surface area (Å²) < 4.78 is 21.3. The van der Waals surface area contributed by atoms with E-state index in [1.54, 1.807) is 52.7 Å². The van der Waals surface area contributed by atoms with E-state index in [1.165, 1.54) is 0 Å².